The van der Waals surface area contributed by atoms with Crippen LogP contribution in [0.1, 0.15) is 22.3 Å². The van der Waals surface area contributed by atoms with Crippen LogP contribution in [-0.4, -0.2) is 32.0 Å². The van der Waals surface area contributed by atoms with E-state index in [2.05, 4.69) is 16.7 Å². The second-order valence-corrected chi connectivity index (χ2v) is 5.79. The zero-order valence-electron chi connectivity index (χ0n) is 13.7. The van der Waals surface area contributed by atoms with Gasteiger partial charge in [0, 0.05) is 30.5 Å². The molecule has 0 spiro atoms. The van der Waals surface area contributed by atoms with Gasteiger partial charge in [0.2, 0.25) is 5.91 Å². The lowest BCUT2D eigenvalue weighted by atomic mass is 10.0. The minimum atomic E-state index is -0.123. The zero-order chi connectivity index (χ0) is 16.9. The summed E-state index contributed by atoms with van der Waals surface area (Å²) >= 11 is 0. The minimum Gasteiger partial charge on any atom is -0.376 e. The van der Waals surface area contributed by atoms with Crippen LogP contribution in [-0.2, 0) is 11.2 Å². The first-order valence-corrected chi connectivity index (χ1v) is 8.13. The molecule has 0 fully saturated rings. The minimum absolute atomic E-state index is 0.0533. The predicted molar refractivity (Wildman–Crippen MR) is 95.4 cm³/mol. The number of aryl methyl sites for hydroxylation is 1. The summed E-state index contributed by atoms with van der Waals surface area (Å²) in [6.45, 7) is 0.987. The van der Waals surface area contributed by atoms with Gasteiger partial charge in [-0.3, -0.25) is 9.59 Å². The van der Waals surface area contributed by atoms with E-state index >= 15 is 0 Å². The van der Waals surface area contributed by atoms with Crippen molar-refractivity contribution >= 4 is 23.2 Å². The summed E-state index contributed by atoms with van der Waals surface area (Å²) < 4.78 is 0. The molecule has 0 radical (unpaired) electrons. The molecule has 1 aliphatic rings. The van der Waals surface area contributed by atoms with Crippen molar-refractivity contribution in [1.29, 1.82) is 0 Å². The van der Waals surface area contributed by atoms with Crippen molar-refractivity contribution in [1.82, 2.24) is 5.32 Å². The molecule has 3 rings (SSSR count). The van der Waals surface area contributed by atoms with Crippen molar-refractivity contribution in [3.8, 4) is 0 Å². The molecule has 0 aliphatic carbocycles. The van der Waals surface area contributed by atoms with Gasteiger partial charge in [0.05, 0.1) is 6.54 Å². The van der Waals surface area contributed by atoms with Gasteiger partial charge in [-0.2, -0.15) is 0 Å². The summed E-state index contributed by atoms with van der Waals surface area (Å²) in [4.78, 5) is 25.9. The first-order valence-electron chi connectivity index (χ1n) is 8.13. The van der Waals surface area contributed by atoms with Crippen LogP contribution in [0.4, 0.5) is 11.4 Å². The summed E-state index contributed by atoms with van der Waals surface area (Å²) in [5.74, 6) is -0.0694. The highest BCUT2D eigenvalue weighted by Gasteiger charge is 2.21. The Bertz CT molecular complexity index is 741. The Morgan fingerprint density at radius 3 is 2.58 bits per heavy atom. The third kappa shape index (κ3) is 3.40. The number of hydrogen-bond acceptors (Lipinski definition) is 3. The number of fused-ring (bicyclic) bond motifs is 1. The molecule has 24 heavy (non-hydrogen) atoms. The lowest BCUT2D eigenvalue weighted by molar-refractivity contribution is -0.117. The average Bonchev–Trinajstić information content (AvgIpc) is 2.65. The van der Waals surface area contributed by atoms with Gasteiger partial charge >= 0.3 is 0 Å². The van der Waals surface area contributed by atoms with Crippen LogP contribution < -0.4 is 15.5 Å². The van der Waals surface area contributed by atoms with E-state index in [1.165, 1.54) is 5.56 Å². The molecular formula is C19H21N3O2. The van der Waals surface area contributed by atoms with Crippen molar-refractivity contribution < 1.29 is 9.59 Å². The van der Waals surface area contributed by atoms with Gasteiger partial charge in [-0.15, -0.1) is 0 Å². The molecule has 1 aliphatic heterocycles. The van der Waals surface area contributed by atoms with Crippen LogP contribution in [0.2, 0.25) is 0 Å². The normalized spacial score (nSPS) is 13.1. The second-order valence-electron chi connectivity index (χ2n) is 5.79. The molecule has 5 heteroatoms. The SMILES string of the molecule is CNC(=O)c1ccc(NCC(=O)N2CCCc3ccccc32)cc1. The Kier molecular flexibility index (Phi) is 4.79. The summed E-state index contributed by atoms with van der Waals surface area (Å²) in [7, 11) is 1.60. The largest absolute Gasteiger partial charge is 0.376 e. The maximum absolute atomic E-state index is 12.6. The van der Waals surface area contributed by atoms with E-state index in [-0.39, 0.29) is 18.4 Å². The van der Waals surface area contributed by atoms with Crippen molar-refractivity contribution in [2.75, 3.05) is 30.4 Å². The molecule has 5 nitrogen and oxygen atoms in total. The van der Waals surface area contributed by atoms with Crippen molar-refractivity contribution in [2.45, 2.75) is 12.8 Å². The molecule has 0 saturated heterocycles. The van der Waals surface area contributed by atoms with Crippen LogP contribution in [0.15, 0.2) is 48.5 Å². The molecule has 2 amide bonds. The Balaban J connectivity index is 1.63. The van der Waals surface area contributed by atoms with Crippen LogP contribution >= 0.6 is 0 Å². The number of nitrogens with zero attached hydrogens (tertiary/aromatic N) is 1. The van der Waals surface area contributed by atoms with Gasteiger partial charge in [0.1, 0.15) is 0 Å². The number of nitrogens with one attached hydrogen (secondary N) is 2. The Morgan fingerprint density at radius 1 is 1.08 bits per heavy atom. The number of para-hydroxylation sites is 1. The Labute approximate surface area is 141 Å². The molecule has 0 aromatic heterocycles. The van der Waals surface area contributed by atoms with Gasteiger partial charge in [-0.05, 0) is 48.7 Å². The molecular weight excluding hydrogens is 302 g/mol. The van der Waals surface area contributed by atoms with E-state index in [1.54, 1.807) is 19.2 Å². The van der Waals surface area contributed by atoms with Crippen LogP contribution in [0, 0.1) is 0 Å². The van der Waals surface area contributed by atoms with Gasteiger partial charge in [0.15, 0.2) is 0 Å². The summed E-state index contributed by atoms with van der Waals surface area (Å²) in [5.41, 5.74) is 3.66. The van der Waals surface area contributed by atoms with Crippen LogP contribution in [0.25, 0.3) is 0 Å². The van der Waals surface area contributed by atoms with Crippen molar-refractivity contribution in [2.24, 2.45) is 0 Å². The summed E-state index contributed by atoms with van der Waals surface area (Å²) in [6, 6.07) is 15.2. The summed E-state index contributed by atoms with van der Waals surface area (Å²) in [5, 5.41) is 5.72. The molecule has 1 heterocycles. The average molecular weight is 323 g/mol. The molecule has 0 atom stereocenters. The molecule has 0 saturated carbocycles. The third-order valence-corrected chi connectivity index (χ3v) is 4.23. The summed E-state index contributed by atoms with van der Waals surface area (Å²) in [6.07, 6.45) is 2.01. The molecule has 2 aromatic carbocycles. The standard InChI is InChI=1S/C19H21N3O2/c1-20-19(24)15-8-10-16(11-9-15)21-13-18(23)22-12-4-6-14-5-2-3-7-17(14)22/h2-3,5,7-11,21H,4,6,12-13H2,1H3,(H,20,24). The van der Waals surface area contributed by atoms with Gasteiger partial charge < -0.3 is 15.5 Å². The van der Waals surface area contributed by atoms with Crippen molar-refractivity contribution in [3.05, 3.63) is 59.7 Å². The Hall–Kier alpha value is -2.82. The predicted octanol–water partition coefficient (Wildman–Crippen LogP) is 2.44. The quantitative estimate of drug-likeness (QED) is 0.908. The van der Waals surface area contributed by atoms with Gasteiger partial charge in [0.25, 0.3) is 5.91 Å². The van der Waals surface area contributed by atoms with Crippen LogP contribution in [0.3, 0.4) is 0 Å². The maximum atomic E-state index is 12.6. The van der Waals surface area contributed by atoms with Crippen LogP contribution in [0.5, 0.6) is 0 Å². The lowest BCUT2D eigenvalue weighted by Crippen LogP contribution is -2.39. The number of amides is 2. The first kappa shape index (κ1) is 16.1. The molecule has 0 bridgehead atoms. The highest BCUT2D eigenvalue weighted by molar-refractivity contribution is 5.97. The number of carbonyl (C=O) groups is 2. The number of hydrogen-bond donors (Lipinski definition) is 2. The first-order chi connectivity index (χ1) is 11.7. The highest BCUT2D eigenvalue weighted by Crippen LogP contribution is 2.26. The highest BCUT2D eigenvalue weighted by atomic mass is 16.2. The van der Waals surface area contributed by atoms with E-state index in [0.717, 1.165) is 30.8 Å². The lowest BCUT2D eigenvalue weighted by Gasteiger charge is -2.29. The number of rotatable bonds is 4. The molecule has 124 valence electrons. The number of anilines is 2. The Morgan fingerprint density at radius 2 is 1.83 bits per heavy atom. The molecule has 0 unspecified atom stereocenters. The number of carbonyl (C=O) groups excluding carboxylic acids is 2. The molecule has 2 aromatic rings. The van der Waals surface area contributed by atoms with E-state index in [0.29, 0.717) is 5.56 Å². The van der Waals surface area contributed by atoms with E-state index in [4.69, 9.17) is 0 Å². The monoisotopic (exact) mass is 323 g/mol. The third-order valence-electron chi connectivity index (χ3n) is 4.23. The van der Waals surface area contributed by atoms with E-state index < -0.39 is 0 Å². The van der Waals surface area contributed by atoms with Gasteiger partial charge in [-0.1, -0.05) is 18.2 Å². The fraction of sp³-hybridized carbons (Fsp3) is 0.263. The second kappa shape index (κ2) is 7.17. The molecule has 2 N–H and O–H groups in total. The van der Waals surface area contributed by atoms with E-state index in [1.807, 2.05) is 35.2 Å². The van der Waals surface area contributed by atoms with E-state index in [9.17, 15) is 9.59 Å². The number of benzene rings is 2. The topological polar surface area (TPSA) is 61.4 Å². The zero-order valence-corrected chi connectivity index (χ0v) is 13.7. The van der Waals surface area contributed by atoms with Crippen molar-refractivity contribution in [3.63, 3.8) is 0 Å². The van der Waals surface area contributed by atoms with Gasteiger partial charge in [-0.25, -0.2) is 0 Å². The smallest absolute Gasteiger partial charge is 0.251 e. The fourth-order valence-electron chi connectivity index (χ4n) is 2.95. The maximum Gasteiger partial charge on any atom is 0.251 e. The fourth-order valence-corrected chi connectivity index (χ4v) is 2.95.